The van der Waals surface area contributed by atoms with Gasteiger partial charge in [-0.15, -0.1) is 0 Å². The number of carbonyl (C=O) groups excluding carboxylic acids is 1. The molecule has 2 aromatic carbocycles. The lowest BCUT2D eigenvalue weighted by Crippen LogP contribution is -2.42. The highest BCUT2D eigenvalue weighted by atomic mass is 19.4. The fourth-order valence-corrected chi connectivity index (χ4v) is 2.95. The molecule has 0 aromatic heterocycles. The van der Waals surface area contributed by atoms with Crippen LogP contribution in [0.1, 0.15) is 33.2 Å². The second kappa shape index (κ2) is 6.88. The zero-order valence-corrected chi connectivity index (χ0v) is 13.7. The Morgan fingerprint density at radius 2 is 1.80 bits per heavy atom. The van der Waals surface area contributed by atoms with E-state index in [2.05, 4.69) is 0 Å². The highest BCUT2D eigenvalue weighted by molar-refractivity contribution is 5.94. The summed E-state index contributed by atoms with van der Waals surface area (Å²) in [6.07, 6.45) is -4.63. The van der Waals surface area contributed by atoms with Gasteiger partial charge in [-0.3, -0.25) is 4.79 Å². The summed E-state index contributed by atoms with van der Waals surface area (Å²) in [4.78, 5) is 14.2. The molecule has 25 heavy (non-hydrogen) atoms. The number of benzene rings is 2. The van der Waals surface area contributed by atoms with Crippen molar-refractivity contribution in [3.63, 3.8) is 0 Å². The first-order valence-corrected chi connectivity index (χ1v) is 8.00. The van der Waals surface area contributed by atoms with Crippen molar-refractivity contribution in [3.05, 3.63) is 70.8 Å². The van der Waals surface area contributed by atoms with Crippen molar-refractivity contribution in [1.82, 2.24) is 4.90 Å². The Balaban J connectivity index is 1.75. The molecule has 3 rings (SSSR count). The van der Waals surface area contributed by atoms with Crippen molar-refractivity contribution in [1.29, 1.82) is 0 Å². The minimum absolute atomic E-state index is 0.228. The third-order valence-electron chi connectivity index (χ3n) is 4.35. The summed E-state index contributed by atoms with van der Waals surface area (Å²) in [5.74, 6) is -0.282. The normalized spacial score (nSPS) is 18.2. The number of morpholine rings is 1. The van der Waals surface area contributed by atoms with E-state index in [1.807, 2.05) is 31.2 Å². The van der Waals surface area contributed by atoms with Gasteiger partial charge in [-0.2, -0.15) is 13.2 Å². The first kappa shape index (κ1) is 17.5. The van der Waals surface area contributed by atoms with E-state index in [0.717, 1.165) is 23.3 Å². The Morgan fingerprint density at radius 1 is 1.12 bits per heavy atom. The summed E-state index contributed by atoms with van der Waals surface area (Å²) in [5.41, 5.74) is 1.59. The Labute approximate surface area is 144 Å². The second-order valence-corrected chi connectivity index (χ2v) is 6.04. The average Bonchev–Trinajstić information content (AvgIpc) is 2.61. The van der Waals surface area contributed by atoms with Crippen molar-refractivity contribution in [2.24, 2.45) is 0 Å². The van der Waals surface area contributed by atoms with Gasteiger partial charge in [0.1, 0.15) is 6.10 Å². The summed E-state index contributed by atoms with van der Waals surface area (Å²) in [5, 5.41) is 0. The quantitative estimate of drug-likeness (QED) is 0.812. The number of amides is 1. The summed E-state index contributed by atoms with van der Waals surface area (Å²) in [6.45, 7) is 3.17. The minimum atomic E-state index is -4.41. The maximum atomic E-state index is 12.6. The molecule has 1 atom stereocenters. The van der Waals surface area contributed by atoms with E-state index >= 15 is 0 Å². The highest BCUT2D eigenvalue weighted by Gasteiger charge is 2.31. The van der Waals surface area contributed by atoms with E-state index in [-0.39, 0.29) is 17.6 Å². The molecular weight excluding hydrogens is 331 g/mol. The number of nitrogens with zero attached hydrogens (tertiary/aromatic N) is 1. The fourth-order valence-electron chi connectivity index (χ4n) is 2.95. The van der Waals surface area contributed by atoms with Crippen LogP contribution in [0.5, 0.6) is 0 Å². The van der Waals surface area contributed by atoms with E-state index in [1.54, 1.807) is 4.90 Å². The maximum absolute atomic E-state index is 12.6. The van der Waals surface area contributed by atoms with E-state index in [9.17, 15) is 18.0 Å². The monoisotopic (exact) mass is 349 g/mol. The van der Waals surface area contributed by atoms with Gasteiger partial charge >= 0.3 is 6.18 Å². The Kier molecular flexibility index (Phi) is 4.81. The molecule has 2 aromatic rings. The molecule has 1 amide bonds. The van der Waals surface area contributed by atoms with Crippen LogP contribution in [-0.4, -0.2) is 30.5 Å². The number of ether oxygens (including phenoxy) is 1. The molecule has 1 aliphatic heterocycles. The van der Waals surface area contributed by atoms with E-state index in [4.69, 9.17) is 4.74 Å². The van der Waals surface area contributed by atoms with Crippen molar-refractivity contribution >= 4 is 5.91 Å². The van der Waals surface area contributed by atoms with Crippen LogP contribution in [0.3, 0.4) is 0 Å². The van der Waals surface area contributed by atoms with Crippen LogP contribution in [0.25, 0.3) is 0 Å². The molecule has 6 heteroatoms. The van der Waals surface area contributed by atoms with Crippen LogP contribution in [-0.2, 0) is 10.9 Å². The smallest absolute Gasteiger partial charge is 0.370 e. The van der Waals surface area contributed by atoms with Gasteiger partial charge in [-0.1, -0.05) is 24.3 Å². The van der Waals surface area contributed by atoms with E-state index in [0.29, 0.717) is 19.7 Å². The molecule has 1 aliphatic rings. The van der Waals surface area contributed by atoms with Crippen molar-refractivity contribution in [2.45, 2.75) is 19.2 Å². The number of rotatable bonds is 2. The Hall–Kier alpha value is -2.34. The van der Waals surface area contributed by atoms with Gasteiger partial charge in [-0.25, -0.2) is 0 Å². The van der Waals surface area contributed by atoms with Gasteiger partial charge < -0.3 is 9.64 Å². The molecule has 0 radical (unpaired) electrons. The Morgan fingerprint density at radius 3 is 2.44 bits per heavy atom. The average molecular weight is 349 g/mol. The summed E-state index contributed by atoms with van der Waals surface area (Å²) in [7, 11) is 0. The first-order chi connectivity index (χ1) is 11.9. The van der Waals surface area contributed by atoms with E-state index < -0.39 is 11.7 Å². The predicted molar refractivity (Wildman–Crippen MR) is 87.2 cm³/mol. The van der Waals surface area contributed by atoms with Gasteiger partial charge in [0.15, 0.2) is 0 Å². The molecular formula is C19H18F3NO2. The molecule has 1 unspecified atom stereocenters. The number of alkyl halides is 3. The lowest BCUT2D eigenvalue weighted by molar-refractivity contribution is -0.137. The predicted octanol–water partition coefficient (Wildman–Crippen LogP) is 4.23. The van der Waals surface area contributed by atoms with Crippen LogP contribution in [0.4, 0.5) is 13.2 Å². The van der Waals surface area contributed by atoms with Gasteiger partial charge in [0.25, 0.3) is 5.91 Å². The van der Waals surface area contributed by atoms with Gasteiger partial charge in [0, 0.05) is 12.1 Å². The van der Waals surface area contributed by atoms with Crippen molar-refractivity contribution in [2.75, 3.05) is 19.7 Å². The molecule has 0 N–H and O–H groups in total. The lowest BCUT2D eigenvalue weighted by Gasteiger charge is -2.34. The van der Waals surface area contributed by atoms with Crippen LogP contribution in [0, 0.1) is 6.92 Å². The molecule has 1 heterocycles. The fraction of sp³-hybridized carbons (Fsp3) is 0.316. The van der Waals surface area contributed by atoms with Gasteiger partial charge in [-0.05, 0) is 42.3 Å². The molecule has 3 nitrogen and oxygen atoms in total. The molecule has 0 spiro atoms. The van der Waals surface area contributed by atoms with Crippen LogP contribution in [0.15, 0.2) is 48.5 Å². The second-order valence-electron chi connectivity index (χ2n) is 6.04. The molecule has 0 aliphatic carbocycles. The topological polar surface area (TPSA) is 29.5 Å². The molecule has 0 bridgehead atoms. The molecule has 1 saturated heterocycles. The molecule has 132 valence electrons. The van der Waals surface area contributed by atoms with Crippen LogP contribution in [0.2, 0.25) is 0 Å². The van der Waals surface area contributed by atoms with Crippen LogP contribution < -0.4 is 0 Å². The van der Waals surface area contributed by atoms with Crippen molar-refractivity contribution in [3.8, 4) is 0 Å². The zero-order chi connectivity index (χ0) is 18.0. The Bertz CT molecular complexity index is 756. The summed E-state index contributed by atoms with van der Waals surface area (Å²) in [6, 6.07) is 12.1. The summed E-state index contributed by atoms with van der Waals surface area (Å²) < 4.78 is 43.7. The van der Waals surface area contributed by atoms with Gasteiger partial charge in [0.2, 0.25) is 0 Å². The van der Waals surface area contributed by atoms with Crippen molar-refractivity contribution < 1.29 is 22.7 Å². The highest BCUT2D eigenvalue weighted by Crippen LogP contribution is 2.30. The lowest BCUT2D eigenvalue weighted by atomic mass is 10.0. The number of hydrogen-bond acceptors (Lipinski definition) is 2. The standard InChI is InChI=1S/C19H18F3NO2/c1-13-4-2-3-5-16(13)17-12-23(10-11-25-17)18(24)14-6-8-15(9-7-14)19(20,21)22/h2-9,17H,10-12H2,1H3. The molecule has 1 fully saturated rings. The molecule has 0 saturated carbocycles. The summed E-state index contributed by atoms with van der Waals surface area (Å²) >= 11 is 0. The van der Waals surface area contributed by atoms with E-state index in [1.165, 1.54) is 12.1 Å². The SMILES string of the molecule is Cc1ccccc1C1CN(C(=O)c2ccc(C(F)(F)F)cc2)CCO1. The number of halogens is 3. The number of carbonyl (C=O) groups is 1. The minimum Gasteiger partial charge on any atom is -0.370 e. The maximum Gasteiger partial charge on any atom is 0.416 e. The zero-order valence-electron chi connectivity index (χ0n) is 13.7. The number of aryl methyl sites for hydroxylation is 1. The van der Waals surface area contributed by atoms with Crippen LogP contribution >= 0.6 is 0 Å². The largest absolute Gasteiger partial charge is 0.416 e. The third kappa shape index (κ3) is 3.85. The number of hydrogen-bond donors (Lipinski definition) is 0. The third-order valence-corrected chi connectivity index (χ3v) is 4.35. The first-order valence-electron chi connectivity index (χ1n) is 8.00. The van der Waals surface area contributed by atoms with Gasteiger partial charge in [0.05, 0.1) is 18.7 Å².